The van der Waals surface area contributed by atoms with E-state index in [1.807, 2.05) is 0 Å². The first-order valence-corrected chi connectivity index (χ1v) is 14.8. The summed E-state index contributed by atoms with van der Waals surface area (Å²) in [7, 11) is -1.56. The Bertz CT molecular complexity index is 1470. The van der Waals surface area contributed by atoms with Crippen molar-refractivity contribution >= 4 is 40.4 Å². The zero-order valence-corrected chi connectivity index (χ0v) is 24.2. The number of anilines is 3. The van der Waals surface area contributed by atoms with Gasteiger partial charge in [-0.1, -0.05) is 24.3 Å². The Morgan fingerprint density at radius 2 is 1.66 bits per heavy atom. The topological polar surface area (TPSA) is 156 Å². The molecule has 1 unspecified atom stereocenters. The Labute approximate surface area is 253 Å². The SMILES string of the molecule is O=C1CCCCNC(=O)c2ccc(cc2)Nc2nc(nc(OCC(F)(F)F)n2)NCc2ccc(cc2)OC/C=C/CS(=O)N1. The number of alkyl halides is 3. The van der Waals surface area contributed by atoms with Gasteiger partial charge in [-0.25, -0.2) is 4.21 Å². The molecule has 6 bridgehead atoms. The molecule has 0 spiro atoms. The molecule has 0 saturated heterocycles. The van der Waals surface area contributed by atoms with Crippen LogP contribution in [0.25, 0.3) is 0 Å². The van der Waals surface area contributed by atoms with Gasteiger partial charge in [0.15, 0.2) is 6.61 Å². The molecule has 3 aliphatic heterocycles. The van der Waals surface area contributed by atoms with Gasteiger partial charge in [0.25, 0.3) is 5.91 Å². The van der Waals surface area contributed by atoms with E-state index in [9.17, 15) is 27.0 Å². The molecule has 0 fully saturated rings. The number of hydrogen-bond donors (Lipinski definition) is 4. The van der Waals surface area contributed by atoms with Crippen LogP contribution in [0.1, 0.15) is 35.2 Å². The number of halogens is 3. The van der Waals surface area contributed by atoms with Gasteiger partial charge in [-0.15, -0.1) is 0 Å². The van der Waals surface area contributed by atoms with Crippen LogP contribution in [0.4, 0.5) is 30.8 Å². The highest BCUT2D eigenvalue weighted by Crippen LogP contribution is 2.21. The molecule has 0 saturated carbocycles. The minimum absolute atomic E-state index is 0.0251. The van der Waals surface area contributed by atoms with Crippen molar-refractivity contribution in [2.45, 2.75) is 32.0 Å². The summed E-state index contributed by atoms with van der Waals surface area (Å²) in [6.45, 7) is -0.800. The molecule has 12 nitrogen and oxygen atoms in total. The zero-order chi connectivity index (χ0) is 31.4. The van der Waals surface area contributed by atoms with E-state index in [4.69, 9.17) is 9.47 Å². The summed E-state index contributed by atoms with van der Waals surface area (Å²) in [5.41, 5.74) is 1.63. The quantitative estimate of drug-likeness (QED) is 0.306. The predicted octanol–water partition coefficient (Wildman–Crippen LogP) is 3.80. The summed E-state index contributed by atoms with van der Waals surface area (Å²) in [5.74, 6) is -0.0514. The van der Waals surface area contributed by atoms with Crippen LogP contribution in [-0.2, 0) is 22.3 Å². The molecule has 4 N–H and O–H groups in total. The van der Waals surface area contributed by atoms with Crippen LogP contribution < -0.4 is 30.1 Å². The first-order chi connectivity index (χ1) is 21.1. The van der Waals surface area contributed by atoms with Crippen LogP contribution in [0.3, 0.4) is 0 Å². The van der Waals surface area contributed by atoms with Crippen LogP contribution in [-0.4, -0.2) is 62.7 Å². The van der Waals surface area contributed by atoms with Crippen molar-refractivity contribution in [1.82, 2.24) is 25.0 Å². The molecular formula is C28H30F3N7O5S. The fourth-order valence-electron chi connectivity index (χ4n) is 3.72. The summed E-state index contributed by atoms with van der Waals surface area (Å²) in [4.78, 5) is 36.7. The van der Waals surface area contributed by atoms with Gasteiger partial charge in [-0.3, -0.25) is 14.3 Å². The molecule has 4 heterocycles. The molecule has 3 aliphatic rings. The maximum absolute atomic E-state index is 12.8. The standard InChI is InChI=1S/C28H30F3N7O5S/c29-28(30,31)18-43-27-36-25-33-17-19-6-12-22(13-7-19)42-15-3-4-16-44(41)38-23(39)5-1-2-14-32-24(40)20-8-10-21(11-9-20)34-26(35-25)37-27/h3-4,6-13H,1-2,5,14-18H2,(H,32,40)(H,38,39)(H2,33,34,35,36,37)/b4-3+. The summed E-state index contributed by atoms with van der Waals surface area (Å²) >= 11 is 0. The number of hydrogen-bond acceptors (Lipinski definition) is 10. The number of carbonyl (C=O) groups is 2. The molecule has 6 rings (SSSR count). The maximum Gasteiger partial charge on any atom is 0.422 e. The lowest BCUT2D eigenvalue weighted by atomic mass is 10.2. The number of aromatic nitrogens is 3. The molecule has 1 atom stereocenters. The lowest BCUT2D eigenvalue weighted by Crippen LogP contribution is -2.27. The van der Waals surface area contributed by atoms with Crippen molar-refractivity contribution < 1.29 is 36.4 Å². The Morgan fingerprint density at radius 1 is 0.909 bits per heavy atom. The molecule has 0 aliphatic carbocycles. The van der Waals surface area contributed by atoms with Gasteiger partial charge in [0.1, 0.15) is 23.3 Å². The predicted molar refractivity (Wildman–Crippen MR) is 157 cm³/mol. The van der Waals surface area contributed by atoms with Crippen molar-refractivity contribution in [3.8, 4) is 11.8 Å². The molecular weight excluding hydrogens is 603 g/mol. The number of carbonyl (C=O) groups excluding carboxylic acids is 2. The third-order valence-electron chi connectivity index (χ3n) is 5.86. The normalized spacial score (nSPS) is 17.9. The monoisotopic (exact) mass is 633 g/mol. The number of rotatable bonds is 2. The van der Waals surface area contributed by atoms with E-state index < -0.39 is 29.8 Å². The molecule has 44 heavy (non-hydrogen) atoms. The zero-order valence-electron chi connectivity index (χ0n) is 23.4. The third-order valence-corrected chi connectivity index (χ3v) is 6.81. The van der Waals surface area contributed by atoms with Crippen molar-refractivity contribution in [3.63, 3.8) is 0 Å². The Hall–Kier alpha value is -4.73. The lowest BCUT2D eigenvalue weighted by molar-refractivity contribution is -0.154. The number of nitrogens with one attached hydrogen (secondary N) is 4. The molecule has 16 heteroatoms. The number of amides is 2. The van der Waals surface area contributed by atoms with Gasteiger partial charge in [-0.05, 0) is 54.8 Å². The minimum atomic E-state index is -4.59. The van der Waals surface area contributed by atoms with Gasteiger partial charge in [0.2, 0.25) is 17.8 Å². The van der Waals surface area contributed by atoms with Crippen LogP contribution in [0.2, 0.25) is 0 Å². The van der Waals surface area contributed by atoms with E-state index in [0.29, 0.717) is 36.4 Å². The van der Waals surface area contributed by atoms with Gasteiger partial charge in [0.05, 0.1) is 5.75 Å². The van der Waals surface area contributed by atoms with E-state index >= 15 is 0 Å². The highest BCUT2D eigenvalue weighted by Gasteiger charge is 2.29. The van der Waals surface area contributed by atoms with E-state index in [1.165, 1.54) is 0 Å². The van der Waals surface area contributed by atoms with E-state index in [2.05, 4.69) is 35.6 Å². The van der Waals surface area contributed by atoms with Crippen molar-refractivity contribution in [1.29, 1.82) is 0 Å². The lowest BCUT2D eigenvalue weighted by Gasteiger charge is -2.12. The Balaban J connectivity index is 1.50. The second-order valence-corrected chi connectivity index (χ2v) is 10.6. The molecule has 2 aromatic carbocycles. The minimum Gasteiger partial charge on any atom is -0.490 e. The van der Waals surface area contributed by atoms with Crippen LogP contribution in [0.15, 0.2) is 60.7 Å². The highest BCUT2D eigenvalue weighted by molar-refractivity contribution is 7.83. The first kappa shape index (κ1) is 32.2. The second-order valence-electron chi connectivity index (χ2n) is 9.40. The number of benzene rings is 2. The molecule has 234 valence electrons. The van der Waals surface area contributed by atoms with Gasteiger partial charge < -0.3 is 25.4 Å². The summed E-state index contributed by atoms with van der Waals surface area (Å²) < 4.78 is 63.3. The highest BCUT2D eigenvalue weighted by atomic mass is 32.2. The van der Waals surface area contributed by atoms with E-state index in [0.717, 1.165) is 5.56 Å². The largest absolute Gasteiger partial charge is 0.490 e. The third kappa shape index (κ3) is 11.2. The van der Waals surface area contributed by atoms with Gasteiger partial charge in [-0.2, -0.15) is 28.1 Å². The van der Waals surface area contributed by atoms with E-state index in [-0.39, 0.29) is 49.0 Å². The van der Waals surface area contributed by atoms with Gasteiger partial charge in [0, 0.05) is 30.8 Å². The first-order valence-electron chi connectivity index (χ1n) is 13.5. The summed E-state index contributed by atoms with van der Waals surface area (Å²) in [6.07, 6.45) is -0.0512. The number of nitrogens with zero attached hydrogens (tertiary/aromatic N) is 3. The summed E-state index contributed by atoms with van der Waals surface area (Å²) in [6, 6.07) is 12.8. The molecule has 0 radical (unpaired) electrons. The molecule has 2 amide bonds. The number of ether oxygens (including phenoxy) is 2. The van der Waals surface area contributed by atoms with Crippen LogP contribution >= 0.6 is 0 Å². The molecule has 1 aromatic heterocycles. The smallest absolute Gasteiger partial charge is 0.422 e. The summed E-state index contributed by atoms with van der Waals surface area (Å²) in [5, 5.41) is 8.60. The average molecular weight is 634 g/mol. The van der Waals surface area contributed by atoms with Crippen LogP contribution in [0.5, 0.6) is 11.8 Å². The van der Waals surface area contributed by atoms with Crippen molar-refractivity contribution in [2.24, 2.45) is 0 Å². The van der Waals surface area contributed by atoms with E-state index in [1.54, 1.807) is 60.7 Å². The maximum atomic E-state index is 12.8. The Kier molecular flexibility index (Phi) is 11.5. The number of fused-ring (bicyclic) bond motifs is 2. The van der Waals surface area contributed by atoms with Gasteiger partial charge >= 0.3 is 12.2 Å². The Morgan fingerprint density at radius 3 is 2.41 bits per heavy atom. The van der Waals surface area contributed by atoms with Crippen LogP contribution in [0, 0.1) is 0 Å². The fraction of sp³-hybridized carbons (Fsp3) is 0.321. The second kappa shape index (κ2) is 15.7. The average Bonchev–Trinajstić information content (AvgIpc) is 2.99. The van der Waals surface area contributed by atoms with Crippen molar-refractivity contribution in [2.75, 3.05) is 36.1 Å². The fourth-order valence-corrected chi connectivity index (χ4v) is 4.47. The van der Waals surface area contributed by atoms with Crippen molar-refractivity contribution in [3.05, 3.63) is 71.8 Å². The molecule has 3 aromatic rings.